The highest BCUT2D eigenvalue weighted by Gasteiger charge is 2.26. The second-order valence-electron chi connectivity index (χ2n) is 5.25. The van der Waals surface area contributed by atoms with E-state index >= 15 is 0 Å². The van der Waals surface area contributed by atoms with E-state index in [1.165, 1.54) is 22.3 Å². The van der Waals surface area contributed by atoms with E-state index in [4.69, 9.17) is 0 Å². The highest BCUT2D eigenvalue weighted by molar-refractivity contribution is 5.77. The Kier molecular flexibility index (Phi) is 3.28. The second kappa shape index (κ2) is 4.97. The van der Waals surface area contributed by atoms with Crippen molar-refractivity contribution in [1.82, 2.24) is 0 Å². The minimum atomic E-state index is -4.05. The Morgan fingerprint density at radius 2 is 1.65 bits per heavy atom. The summed E-state index contributed by atoms with van der Waals surface area (Å²) in [6.07, 6.45) is -3.26. The number of hydrogen-bond donors (Lipinski definition) is 0. The smallest absolute Gasteiger partial charge is 0.171 e. The number of fused-ring (bicyclic) bond motifs is 3. The first-order valence-corrected chi connectivity index (χ1v) is 6.80. The molecule has 20 heavy (non-hydrogen) atoms. The number of alkyl halides is 3. The van der Waals surface area contributed by atoms with Crippen molar-refractivity contribution in [2.75, 3.05) is 0 Å². The van der Waals surface area contributed by atoms with Crippen molar-refractivity contribution in [2.45, 2.75) is 31.9 Å². The zero-order valence-electron chi connectivity index (χ0n) is 11.0. The molecule has 0 nitrogen and oxygen atoms in total. The molecule has 2 aromatic carbocycles. The summed E-state index contributed by atoms with van der Waals surface area (Å²) in [5.74, 6) is 0. The molecule has 0 aromatic heterocycles. The number of hydrogen-bond acceptors (Lipinski definition) is 0. The summed E-state index contributed by atoms with van der Waals surface area (Å²) in [7, 11) is 0. The van der Waals surface area contributed by atoms with Crippen LogP contribution >= 0.6 is 0 Å². The van der Waals surface area contributed by atoms with E-state index in [0.717, 1.165) is 12.0 Å². The summed E-state index contributed by atoms with van der Waals surface area (Å²) < 4.78 is 36.7. The molecule has 104 valence electrons. The monoisotopic (exact) mass is 276 g/mol. The third kappa shape index (κ3) is 2.58. The summed E-state index contributed by atoms with van der Waals surface area (Å²) in [5.41, 5.74) is 5.94. The number of rotatable bonds is 3. The Morgan fingerprint density at radius 1 is 0.900 bits per heavy atom. The van der Waals surface area contributed by atoms with Crippen molar-refractivity contribution in [1.29, 1.82) is 0 Å². The quantitative estimate of drug-likeness (QED) is 0.621. The summed E-state index contributed by atoms with van der Waals surface area (Å²) in [6, 6.07) is 14.2. The summed E-state index contributed by atoms with van der Waals surface area (Å²) in [6.45, 7) is 0. The molecule has 3 heteroatoms. The number of benzene rings is 2. The molecule has 0 spiro atoms. The molecule has 0 N–H and O–H groups in total. The maximum absolute atomic E-state index is 12.2. The molecule has 1 aliphatic carbocycles. The molecular weight excluding hydrogens is 261 g/mol. The summed E-state index contributed by atoms with van der Waals surface area (Å²) >= 11 is 0. The van der Waals surface area contributed by atoms with Gasteiger partial charge in [-0.2, -0.15) is 13.2 Å². The van der Waals surface area contributed by atoms with Gasteiger partial charge in [-0.15, -0.1) is 0 Å². The van der Waals surface area contributed by atoms with Crippen LogP contribution in [0, 0.1) is 0 Å². The van der Waals surface area contributed by atoms with Crippen molar-refractivity contribution in [3.8, 4) is 11.1 Å². The average molecular weight is 276 g/mol. The third-order valence-corrected chi connectivity index (χ3v) is 3.85. The average Bonchev–Trinajstić information content (AvgIpc) is 2.77. The van der Waals surface area contributed by atoms with Gasteiger partial charge in [0.2, 0.25) is 0 Å². The molecule has 0 bridgehead atoms. The van der Waals surface area contributed by atoms with Crippen molar-refractivity contribution >= 4 is 0 Å². The maximum atomic E-state index is 12.2. The number of halogens is 3. The van der Waals surface area contributed by atoms with E-state index in [1.54, 1.807) is 0 Å². The molecule has 0 atom stereocenters. The predicted octanol–water partition coefficient (Wildman–Crippen LogP) is 5.14. The van der Waals surface area contributed by atoms with Crippen LogP contribution in [0.3, 0.4) is 0 Å². The molecule has 2 aromatic rings. The fourth-order valence-corrected chi connectivity index (χ4v) is 2.94. The first-order valence-electron chi connectivity index (χ1n) is 6.80. The van der Waals surface area contributed by atoms with Crippen molar-refractivity contribution in [3.05, 3.63) is 59.2 Å². The lowest BCUT2D eigenvalue weighted by Gasteiger charge is -2.10. The van der Waals surface area contributed by atoms with Gasteiger partial charge >= 0.3 is 6.18 Å². The first-order chi connectivity index (χ1) is 9.54. The summed E-state index contributed by atoms with van der Waals surface area (Å²) in [4.78, 5) is 0. The van der Waals surface area contributed by atoms with Crippen LogP contribution in [0.25, 0.3) is 11.1 Å². The van der Waals surface area contributed by atoms with E-state index < -0.39 is 12.6 Å². The molecule has 3 rings (SSSR count). The predicted molar refractivity (Wildman–Crippen MR) is 73.7 cm³/mol. The Morgan fingerprint density at radius 3 is 2.45 bits per heavy atom. The zero-order chi connectivity index (χ0) is 14.2. The van der Waals surface area contributed by atoms with Crippen molar-refractivity contribution in [2.24, 2.45) is 0 Å². The Hall–Kier alpha value is -1.77. The van der Waals surface area contributed by atoms with Gasteiger partial charge in [0.05, 0.1) is 0 Å². The molecule has 0 saturated heterocycles. The molecule has 0 fully saturated rings. The lowest BCUT2D eigenvalue weighted by atomic mass is 9.97. The van der Waals surface area contributed by atoms with Crippen LogP contribution in [0.15, 0.2) is 42.5 Å². The first kappa shape index (κ1) is 13.2. The van der Waals surface area contributed by atoms with E-state index in [1.807, 2.05) is 24.3 Å². The fourth-order valence-electron chi connectivity index (χ4n) is 2.94. The van der Waals surface area contributed by atoms with Crippen LogP contribution in [0.5, 0.6) is 0 Å². The molecule has 0 radical (unpaired) electrons. The van der Waals surface area contributed by atoms with Gasteiger partial charge in [-0.1, -0.05) is 42.5 Å². The highest BCUT2D eigenvalue weighted by Crippen LogP contribution is 2.38. The van der Waals surface area contributed by atoms with Gasteiger partial charge in [0, 0.05) is 6.42 Å². The zero-order valence-corrected chi connectivity index (χ0v) is 11.0. The molecule has 0 saturated carbocycles. The van der Waals surface area contributed by atoms with Gasteiger partial charge < -0.3 is 0 Å². The van der Waals surface area contributed by atoms with E-state index in [2.05, 4.69) is 18.2 Å². The van der Waals surface area contributed by atoms with Crippen LogP contribution in [0.2, 0.25) is 0 Å². The van der Waals surface area contributed by atoms with Crippen LogP contribution < -0.4 is 0 Å². The van der Waals surface area contributed by atoms with E-state index in [0.29, 0.717) is 6.42 Å². The fraction of sp³-hybridized carbons (Fsp3) is 0.294. The lowest BCUT2D eigenvalue weighted by molar-refractivity contribution is -0.135. The van der Waals surface area contributed by atoms with Crippen LogP contribution in [0.4, 0.5) is 13.2 Å². The van der Waals surface area contributed by atoms with Gasteiger partial charge in [0.1, 0.15) is 0 Å². The minimum Gasteiger partial charge on any atom is -0.171 e. The van der Waals surface area contributed by atoms with E-state index in [9.17, 15) is 13.2 Å². The van der Waals surface area contributed by atoms with Gasteiger partial charge in [-0.3, -0.25) is 0 Å². The molecule has 1 aliphatic rings. The Labute approximate surface area is 116 Å². The topological polar surface area (TPSA) is 0 Å². The minimum absolute atomic E-state index is 0.163. The maximum Gasteiger partial charge on any atom is 0.389 e. The SMILES string of the molecule is FC(F)(F)CCCc1cccc2c1Cc1ccccc1-2. The van der Waals surface area contributed by atoms with Crippen molar-refractivity contribution in [3.63, 3.8) is 0 Å². The van der Waals surface area contributed by atoms with E-state index in [-0.39, 0.29) is 6.42 Å². The molecule has 0 amide bonds. The van der Waals surface area contributed by atoms with Gasteiger partial charge in [-0.05, 0) is 47.1 Å². The molecule has 0 unspecified atom stereocenters. The van der Waals surface area contributed by atoms with Gasteiger partial charge in [0.15, 0.2) is 0 Å². The van der Waals surface area contributed by atoms with Gasteiger partial charge in [-0.25, -0.2) is 0 Å². The second-order valence-corrected chi connectivity index (χ2v) is 5.25. The third-order valence-electron chi connectivity index (χ3n) is 3.85. The lowest BCUT2D eigenvalue weighted by Crippen LogP contribution is -2.07. The number of aryl methyl sites for hydroxylation is 1. The molecule has 0 aliphatic heterocycles. The van der Waals surface area contributed by atoms with Crippen LogP contribution in [0.1, 0.15) is 29.5 Å². The van der Waals surface area contributed by atoms with Gasteiger partial charge in [0.25, 0.3) is 0 Å². The van der Waals surface area contributed by atoms with Crippen LogP contribution in [-0.4, -0.2) is 6.18 Å². The molecule has 0 heterocycles. The Bertz CT molecular complexity index is 626. The largest absolute Gasteiger partial charge is 0.389 e. The standard InChI is InChI=1S/C17H15F3/c18-17(19,20)10-4-7-12-6-3-9-15-14-8-2-1-5-13(14)11-16(12)15/h1-3,5-6,8-9H,4,7,10-11H2. The Balaban J connectivity index is 1.83. The van der Waals surface area contributed by atoms with Crippen molar-refractivity contribution < 1.29 is 13.2 Å². The normalized spacial score (nSPS) is 13.2. The summed E-state index contributed by atoms with van der Waals surface area (Å²) in [5, 5.41) is 0. The molecular formula is C17H15F3. The highest BCUT2D eigenvalue weighted by atomic mass is 19.4. The van der Waals surface area contributed by atoms with Crippen LogP contribution in [-0.2, 0) is 12.8 Å².